The van der Waals surface area contributed by atoms with Gasteiger partial charge in [-0.25, -0.2) is 0 Å². The number of hydrogen-bond acceptors (Lipinski definition) is 3. The van der Waals surface area contributed by atoms with E-state index in [4.69, 9.17) is 4.74 Å². The molecular weight excluding hydrogens is 336 g/mol. The van der Waals surface area contributed by atoms with Gasteiger partial charge in [0.25, 0.3) is 0 Å². The van der Waals surface area contributed by atoms with Gasteiger partial charge < -0.3 is 9.84 Å². The third-order valence-corrected chi connectivity index (χ3v) is 10.2. The Balaban J connectivity index is 1.57. The summed E-state index contributed by atoms with van der Waals surface area (Å²) in [6, 6.07) is 0. The maximum Gasteiger partial charge on any atom is 0.133 e. The van der Waals surface area contributed by atoms with Gasteiger partial charge in [-0.05, 0) is 93.3 Å². The molecule has 0 amide bonds. The van der Waals surface area contributed by atoms with E-state index in [9.17, 15) is 9.90 Å². The summed E-state index contributed by atoms with van der Waals surface area (Å²) >= 11 is 0. The molecule has 5 aliphatic carbocycles. The minimum absolute atomic E-state index is 0.128. The number of carbonyl (C=O) groups is 1. The molecule has 8 atom stereocenters. The molecule has 2 bridgehead atoms. The number of carbonyl (C=O) groups excluding carboxylic acids is 1. The number of fused-ring (bicyclic) bond motifs is 3. The van der Waals surface area contributed by atoms with Crippen LogP contribution < -0.4 is 0 Å². The molecular formula is C24H36O3. The highest BCUT2D eigenvalue weighted by Gasteiger charge is 2.77. The molecule has 0 aromatic carbocycles. The molecule has 0 radical (unpaired) electrons. The summed E-state index contributed by atoms with van der Waals surface area (Å²) in [5.74, 6) is 2.99. The Kier molecular flexibility index (Phi) is 4.03. The monoisotopic (exact) mass is 372 g/mol. The van der Waals surface area contributed by atoms with Crippen LogP contribution in [0.4, 0.5) is 0 Å². The van der Waals surface area contributed by atoms with Gasteiger partial charge in [-0.3, -0.25) is 4.79 Å². The second-order valence-corrected chi connectivity index (χ2v) is 10.8. The predicted molar refractivity (Wildman–Crippen MR) is 105 cm³/mol. The lowest BCUT2D eigenvalue weighted by atomic mass is 9.58. The maximum atomic E-state index is 12.5. The lowest BCUT2D eigenvalue weighted by Gasteiger charge is -2.48. The van der Waals surface area contributed by atoms with Gasteiger partial charge in [0.05, 0.1) is 12.7 Å². The Hall–Kier alpha value is -0.670. The number of aliphatic hydroxyl groups excluding tert-OH is 1. The van der Waals surface area contributed by atoms with E-state index >= 15 is 0 Å². The van der Waals surface area contributed by atoms with Crippen molar-refractivity contribution >= 4 is 5.78 Å². The van der Waals surface area contributed by atoms with E-state index in [-0.39, 0.29) is 22.9 Å². The summed E-state index contributed by atoms with van der Waals surface area (Å²) in [7, 11) is 1.84. The van der Waals surface area contributed by atoms with Crippen molar-refractivity contribution in [1.82, 2.24) is 0 Å². The lowest BCUT2D eigenvalue weighted by Crippen LogP contribution is -2.42. The van der Waals surface area contributed by atoms with Crippen LogP contribution in [-0.4, -0.2) is 30.7 Å². The van der Waals surface area contributed by atoms with Crippen LogP contribution in [-0.2, 0) is 9.53 Å². The number of rotatable bonds is 3. The fourth-order valence-corrected chi connectivity index (χ4v) is 9.12. The maximum absolute atomic E-state index is 12.5. The molecule has 1 spiro atoms. The molecule has 5 aliphatic rings. The SMILES string of the molecule is COCC12CC[C@H](O)C=C1CCC1C3C[C@@H]2CC[C@]2(C)C(C(C)=O)CC[C@]132. The van der Waals surface area contributed by atoms with E-state index in [1.165, 1.54) is 37.7 Å². The van der Waals surface area contributed by atoms with Crippen LogP contribution in [0.25, 0.3) is 0 Å². The second-order valence-electron chi connectivity index (χ2n) is 10.8. The standard InChI is InChI=1S/C24H36O3/c1-15(25)19-8-11-24-20-5-4-16-12-18(26)7-10-23(16,14-27-3)17(13-21(20)24)6-9-22(19,24)2/h12,17-21,26H,4-11,13-14H2,1-3H3/t17-,18-,19?,20?,21?,22+,23?,24-/m0/s1. The van der Waals surface area contributed by atoms with E-state index in [1.807, 2.05) is 14.0 Å². The third kappa shape index (κ3) is 2.19. The van der Waals surface area contributed by atoms with Gasteiger partial charge in [-0.15, -0.1) is 0 Å². The summed E-state index contributed by atoms with van der Waals surface area (Å²) < 4.78 is 5.81. The molecule has 0 heterocycles. The van der Waals surface area contributed by atoms with Crippen molar-refractivity contribution < 1.29 is 14.6 Å². The molecule has 3 nitrogen and oxygen atoms in total. The minimum atomic E-state index is -0.268. The summed E-state index contributed by atoms with van der Waals surface area (Å²) in [5, 5.41) is 10.3. The van der Waals surface area contributed by atoms with Crippen LogP contribution >= 0.6 is 0 Å². The van der Waals surface area contributed by atoms with Gasteiger partial charge in [0, 0.05) is 18.4 Å². The first-order valence-corrected chi connectivity index (χ1v) is 11.3. The molecule has 0 saturated heterocycles. The highest BCUT2D eigenvalue weighted by molar-refractivity contribution is 5.80. The molecule has 1 N–H and O–H groups in total. The quantitative estimate of drug-likeness (QED) is 0.740. The average Bonchev–Trinajstić information content (AvgIpc) is 3.16. The molecule has 0 aromatic rings. The molecule has 4 unspecified atom stereocenters. The van der Waals surface area contributed by atoms with Crippen LogP contribution in [0.1, 0.15) is 71.6 Å². The summed E-state index contributed by atoms with van der Waals surface area (Å²) in [5.41, 5.74) is 2.27. The zero-order valence-electron chi connectivity index (χ0n) is 17.3. The third-order valence-electron chi connectivity index (χ3n) is 10.2. The number of aliphatic hydroxyl groups is 1. The Bertz CT molecular complexity index is 683. The number of ether oxygens (including phenoxy) is 1. The van der Waals surface area contributed by atoms with E-state index in [0.29, 0.717) is 17.1 Å². The minimum Gasteiger partial charge on any atom is -0.389 e. The number of hydrogen-bond donors (Lipinski definition) is 1. The van der Waals surface area contributed by atoms with Gasteiger partial charge in [0.1, 0.15) is 5.78 Å². The van der Waals surface area contributed by atoms with Crippen LogP contribution in [0.2, 0.25) is 0 Å². The van der Waals surface area contributed by atoms with Gasteiger partial charge >= 0.3 is 0 Å². The van der Waals surface area contributed by atoms with Crippen molar-refractivity contribution in [2.75, 3.05) is 13.7 Å². The molecule has 4 saturated carbocycles. The summed E-state index contributed by atoms with van der Waals surface area (Å²) in [4.78, 5) is 12.5. The van der Waals surface area contributed by atoms with E-state index < -0.39 is 0 Å². The average molecular weight is 373 g/mol. The zero-order chi connectivity index (χ0) is 19.0. The van der Waals surface area contributed by atoms with Crippen molar-refractivity contribution in [3.8, 4) is 0 Å². The first kappa shape index (κ1) is 18.4. The van der Waals surface area contributed by atoms with Crippen molar-refractivity contribution in [2.24, 2.45) is 39.9 Å². The van der Waals surface area contributed by atoms with Crippen LogP contribution in [0.5, 0.6) is 0 Å². The van der Waals surface area contributed by atoms with E-state index in [1.54, 1.807) is 0 Å². The van der Waals surface area contributed by atoms with Gasteiger partial charge in [-0.2, -0.15) is 0 Å². The molecule has 150 valence electrons. The predicted octanol–water partition coefficient (Wildman–Crippen LogP) is 4.53. The normalized spacial score (nSPS) is 53.3. The van der Waals surface area contributed by atoms with Crippen molar-refractivity contribution in [1.29, 1.82) is 0 Å². The van der Waals surface area contributed by atoms with Crippen LogP contribution in [0.15, 0.2) is 11.6 Å². The summed E-state index contributed by atoms with van der Waals surface area (Å²) in [6.07, 6.45) is 12.4. The first-order valence-electron chi connectivity index (χ1n) is 11.3. The van der Waals surface area contributed by atoms with Gasteiger partial charge in [-0.1, -0.05) is 18.6 Å². The topological polar surface area (TPSA) is 46.5 Å². The van der Waals surface area contributed by atoms with Crippen molar-refractivity contribution in [2.45, 2.75) is 77.7 Å². The second kappa shape index (κ2) is 5.92. The van der Waals surface area contributed by atoms with Crippen molar-refractivity contribution in [3.05, 3.63) is 11.6 Å². The van der Waals surface area contributed by atoms with E-state index in [2.05, 4.69) is 13.0 Å². The molecule has 5 rings (SSSR count). The molecule has 3 heteroatoms. The van der Waals surface area contributed by atoms with Gasteiger partial charge in [0.15, 0.2) is 0 Å². The van der Waals surface area contributed by atoms with E-state index in [0.717, 1.165) is 44.1 Å². The van der Waals surface area contributed by atoms with Crippen molar-refractivity contribution in [3.63, 3.8) is 0 Å². The Labute approximate surface area is 163 Å². The number of methoxy groups -OCH3 is 1. The Morgan fingerprint density at radius 2 is 2.00 bits per heavy atom. The fraction of sp³-hybridized carbons (Fsp3) is 0.875. The fourth-order valence-electron chi connectivity index (χ4n) is 9.12. The van der Waals surface area contributed by atoms with Crippen LogP contribution in [0.3, 0.4) is 0 Å². The Morgan fingerprint density at radius 1 is 1.19 bits per heavy atom. The Morgan fingerprint density at radius 3 is 2.74 bits per heavy atom. The summed E-state index contributed by atoms with van der Waals surface area (Å²) in [6.45, 7) is 5.12. The van der Waals surface area contributed by atoms with Crippen LogP contribution in [0, 0.1) is 39.9 Å². The first-order chi connectivity index (χ1) is 12.9. The highest BCUT2D eigenvalue weighted by atomic mass is 16.5. The largest absolute Gasteiger partial charge is 0.389 e. The molecule has 0 aromatic heterocycles. The zero-order valence-corrected chi connectivity index (χ0v) is 17.3. The lowest BCUT2D eigenvalue weighted by molar-refractivity contribution is -0.125. The molecule has 27 heavy (non-hydrogen) atoms. The number of Topliss-reactive ketones (excluding diaryl/α,β-unsaturated/α-hetero) is 1. The smallest absolute Gasteiger partial charge is 0.133 e. The number of ketones is 1. The molecule has 0 aliphatic heterocycles. The molecule has 4 fully saturated rings. The highest BCUT2D eigenvalue weighted by Crippen LogP contribution is 2.82. The van der Waals surface area contributed by atoms with Gasteiger partial charge in [0.2, 0.25) is 0 Å².